The van der Waals surface area contributed by atoms with E-state index in [1.807, 2.05) is 40.7 Å². The number of benzene rings is 2. The number of methoxy groups -OCH3 is 1. The Morgan fingerprint density at radius 2 is 1.66 bits per heavy atom. The highest BCUT2D eigenvalue weighted by atomic mass is 79.9. The number of hydrogen-bond acceptors (Lipinski definition) is 5. The van der Waals surface area contributed by atoms with Gasteiger partial charge in [-0.1, -0.05) is 27.7 Å². The molecule has 0 bridgehead atoms. The number of halogens is 2. The predicted octanol–water partition coefficient (Wildman–Crippen LogP) is 6.00. The molecular formula is C24H29Br2NO5. The zero-order chi connectivity index (χ0) is 24.2. The number of carbonyl (C=O) groups excluding carboxylic acids is 2. The average Bonchev–Trinajstić information content (AvgIpc) is 2.70. The number of carbonyl (C=O) groups is 2. The largest absolute Gasteiger partial charge is 0.507 e. The maximum absolute atomic E-state index is 12.5. The molecule has 0 radical (unpaired) electrons. The van der Waals surface area contributed by atoms with E-state index >= 15 is 0 Å². The summed E-state index contributed by atoms with van der Waals surface area (Å²) in [5, 5.41) is 13.0. The van der Waals surface area contributed by atoms with Crippen LogP contribution in [0.2, 0.25) is 0 Å². The van der Waals surface area contributed by atoms with E-state index in [4.69, 9.17) is 9.47 Å². The second-order valence-electron chi connectivity index (χ2n) is 8.31. The highest BCUT2D eigenvalue weighted by Crippen LogP contribution is 2.40. The number of nitrogens with one attached hydrogen (secondary N) is 1. The average molecular weight is 571 g/mol. The minimum absolute atomic E-state index is 0.0908. The van der Waals surface area contributed by atoms with Crippen molar-refractivity contribution in [1.29, 1.82) is 0 Å². The van der Waals surface area contributed by atoms with E-state index < -0.39 is 12.0 Å². The molecule has 0 heterocycles. The van der Waals surface area contributed by atoms with Crippen LogP contribution in [0, 0.1) is 12.8 Å². The molecule has 8 heteroatoms. The first-order valence-electron chi connectivity index (χ1n) is 10.3. The molecule has 6 nitrogen and oxygen atoms in total. The summed E-state index contributed by atoms with van der Waals surface area (Å²) >= 11 is 7.05. The van der Waals surface area contributed by atoms with Gasteiger partial charge in [-0.15, -0.1) is 0 Å². The molecule has 0 aliphatic rings. The number of aromatic hydroxyl groups is 1. The van der Waals surface area contributed by atoms with Crippen LogP contribution in [0.25, 0.3) is 0 Å². The van der Waals surface area contributed by atoms with Gasteiger partial charge in [-0.2, -0.15) is 0 Å². The summed E-state index contributed by atoms with van der Waals surface area (Å²) < 4.78 is 12.2. The minimum Gasteiger partial charge on any atom is -0.507 e. The number of phenols is 1. The fraction of sp³-hybridized carbons (Fsp3) is 0.417. The lowest BCUT2D eigenvalue weighted by atomic mass is 9.99. The Morgan fingerprint density at radius 1 is 1.06 bits per heavy atom. The van der Waals surface area contributed by atoms with Crippen molar-refractivity contribution in [3.05, 3.63) is 49.9 Å². The van der Waals surface area contributed by atoms with Crippen LogP contribution in [0.5, 0.6) is 17.2 Å². The van der Waals surface area contributed by atoms with Crippen molar-refractivity contribution in [2.75, 3.05) is 7.11 Å². The molecule has 2 aromatic rings. The van der Waals surface area contributed by atoms with E-state index in [-0.39, 0.29) is 29.9 Å². The van der Waals surface area contributed by atoms with Gasteiger partial charge in [-0.05, 0) is 86.0 Å². The van der Waals surface area contributed by atoms with Crippen LogP contribution in [0.3, 0.4) is 0 Å². The van der Waals surface area contributed by atoms with Crippen LogP contribution in [0.15, 0.2) is 33.2 Å². The van der Waals surface area contributed by atoms with Crippen LogP contribution in [-0.4, -0.2) is 30.1 Å². The first kappa shape index (κ1) is 26.2. The second kappa shape index (κ2) is 11.2. The maximum atomic E-state index is 12.5. The van der Waals surface area contributed by atoms with Crippen LogP contribution < -0.4 is 10.1 Å². The van der Waals surface area contributed by atoms with E-state index in [0.29, 0.717) is 20.4 Å². The molecule has 2 rings (SSSR count). The summed E-state index contributed by atoms with van der Waals surface area (Å²) in [4.78, 5) is 24.4. The number of hydrogen-bond donors (Lipinski definition) is 2. The lowest BCUT2D eigenvalue weighted by Gasteiger charge is -2.20. The Kier molecular flexibility index (Phi) is 9.16. The summed E-state index contributed by atoms with van der Waals surface area (Å²) in [7, 11) is 1.30. The van der Waals surface area contributed by atoms with E-state index in [0.717, 1.165) is 16.7 Å². The predicted molar refractivity (Wildman–Crippen MR) is 131 cm³/mol. The third-order valence-electron chi connectivity index (χ3n) is 5.01. The third-order valence-corrected chi connectivity index (χ3v) is 6.18. The monoisotopic (exact) mass is 569 g/mol. The van der Waals surface area contributed by atoms with E-state index in [2.05, 4.69) is 37.2 Å². The zero-order valence-corrected chi connectivity index (χ0v) is 22.3. The zero-order valence-electron chi connectivity index (χ0n) is 19.1. The Bertz CT molecular complexity index is 981. The van der Waals surface area contributed by atoms with Gasteiger partial charge in [-0.3, -0.25) is 4.79 Å². The molecule has 0 aliphatic heterocycles. The summed E-state index contributed by atoms with van der Waals surface area (Å²) in [5.74, 6) is 0.743. The molecule has 2 N–H and O–H groups in total. The summed E-state index contributed by atoms with van der Waals surface area (Å²) in [6.07, 6.45) is 0.0908. The molecule has 0 aliphatic carbocycles. The van der Waals surface area contributed by atoms with E-state index in [9.17, 15) is 14.7 Å². The molecule has 1 atom stereocenters. The van der Waals surface area contributed by atoms with Gasteiger partial charge in [-0.25, -0.2) is 4.79 Å². The molecule has 0 saturated carbocycles. The number of ether oxygens (including phenoxy) is 2. The van der Waals surface area contributed by atoms with Gasteiger partial charge in [0, 0.05) is 5.56 Å². The molecule has 174 valence electrons. The van der Waals surface area contributed by atoms with Crippen LogP contribution in [0.1, 0.15) is 50.3 Å². The number of phenolic OH excluding ortho intramolecular Hbond substituents is 1. The summed E-state index contributed by atoms with van der Waals surface area (Å²) in [5.41, 5.74) is 2.29. The minimum atomic E-state index is -0.699. The molecule has 1 amide bonds. The Labute approximate surface area is 205 Å². The Balaban J connectivity index is 2.22. The Hall–Kier alpha value is -2.06. The normalized spacial score (nSPS) is 12.1. The topological polar surface area (TPSA) is 84.9 Å². The van der Waals surface area contributed by atoms with Crippen molar-refractivity contribution < 1.29 is 24.2 Å². The quantitative estimate of drug-likeness (QED) is 0.380. The molecule has 0 unspecified atom stereocenters. The van der Waals surface area contributed by atoms with Crippen molar-refractivity contribution in [3.63, 3.8) is 0 Å². The van der Waals surface area contributed by atoms with Gasteiger partial charge in [0.05, 0.1) is 22.5 Å². The van der Waals surface area contributed by atoms with Crippen LogP contribution in [0.4, 0.5) is 0 Å². The fourth-order valence-electron chi connectivity index (χ4n) is 3.24. The first-order valence-corrected chi connectivity index (χ1v) is 11.9. The lowest BCUT2D eigenvalue weighted by molar-refractivity contribution is -0.146. The van der Waals surface area contributed by atoms with Crippen molar-refractivity contribution in [2.45, 2.75) is 53.0 Å². The Morgan fingerprint density at radius 3 is 2.16 bits per heavy atom. The fourth-order valence-corrected chi connectivity index (χ4v) is 4.68. The number of rotatable bonds is 8. The first-order chi connectivity index (χ1) is 14.9. The van der Waals surface area contributed by atoms with Gasteiger partial charge in [0.25, 0.3) is 0 Å². The molecule has 0 fully saturated rings. The van der Waals surface area contributed by atoms with E-state index in [1.165, 1.54) is 7.11 Å². The van der Waals surface area contributed by atoms with Crippen molar-refractivity contribution >= 4 is 43.7 Å². The molecule has 0 aromatic heterocycles. The lowest BCUT2D eigenvalue weighted by Crippen LogP contribution is -2.45. The highest BCUT2D eigenvalue weighted by molar-refractivity contribution is 9.11. The number of esters is 1. The van der Waals surface area contributed by atoms with Crippen molar-refractivity contribution in [2.24, 2.45) is 5.92 Å². The standard InChI is InChI=1S/C24H29Br2NO5/c1-12(2)17-11-16(7-14(5)22(17)29)32-23-18(25)8-15(9-19(23)26)10-20(28)27-21(13(3)4)24(30)31-6/h7-9,11-13,21,29H,10H2,1-6H3,(H,27,28)/t21-/m0/s1. The number of aryl methyl sites for hydroxylation is 1. The van der Waals surface area contributed by atoms with Crippen molar-refractivity contribution in [3.8, 4) is 17.2 Å². The highest BCUT2D eigenvalue weighted by Gasteiger charge is 2.25. The van der Waals surface area contributed by atoms with Crippen LogP contribution in [-0.2, 0) is 20.7 Å². The van der Waals surface area contributed by atoms with Gasteiger partial charge < -0.3 is 19.9 Å². The third kappa shape index (κ3) is 6.48. The molecular weight excluding hydrogens is 542 g/mol. The maximum Gasteiger partial charge on any atom is 0.328 e. The molecule has 0 saturated heterocycles. The summed E-state index contributed by atoms with van der Waals surface area (Å²) in [6, 6.07) is 6.51. The molecule has 0 spiro atoms. The van der Waals surface area contributed by atoms with Gasteiger partial charge in [0.2, 0.25) is 5.91 Å². The van der Waals surface area contributed by atoms with Gasteiger partial charge in [0.15, 0.2) is 5.75 Å². The van der Waals surface area contributed by atoms with Crippen molar-refractivity contribution in [1.82, 2.24) is 5.32 Å². The number of amides is 1. The van der Waals surface area contributed by atoms with E-state index in [1.54, 1.807) is 18.2 Å². The molecule has 32 heavy (non-hydrogen) atoms. The summed E-state index contributed by atoms with van der Waals surface area (Å²) in [6.45, 7) is 9.54. The van der Waals surface area contributed by atoms with Gasteiger partial charge >= 0.3 is 5.97 Å². The van der Waals surface area contributed by atoms with Crippen LogP contribution >= 0.6 is 31.9 Å². The molecule has 2 aromatic carbocycles. The SMILES string of the molecule is COC(=O)[C@@H](NC(=O)Cc1cc(Br)c(Oc2cc(C)c(O)c(C(C)C)c2)c(Br)c1)C(C)C. The smallest absolute Gasteiger partial charge is 0.328 e. The second-order valence-corrected chi connectivity index (χ2v) is 10.0. The van der Waals surface area contributed by atoms with Gasteiger partial charge in [0.1, 0.15) is 17.5 Å².